The van der Waals surface area contributed by atoms with Crippen molar-refractivity contribution in [2.24, 2.45) is 5.41 Å². The molecule has 1 aliphatic heterocycles. The van der Waals surface area contributed by atoms with Gasteiger partial charge < -0.3 is 25.4 Å². The first-order valence-electron chi connectivity index (χ1n) is 12.5. The van der Waals surface area contributed by atoms with E-state index in [1.807, 2.05) is 64.4 Å². The number of hydrogen-bond donors (Lipinski definition) is 3. The number of carbonyl (C=O) groups is 3. The van der Waals surface area contributed by atoms with Gasteiger partial charge in [0.15, 0.2) is 0 Å². The predicted molar refractivity (Wildman–Crippen MR) is 146 cm³/mol. The Morgan fingerprint density at radius 2 is 1.95 bits per heavy atom. The Balaban J connectivity index is 1.70. The highest BCUT2D eigenvalue weighted by Gasteiger charge is 2.44. The molecule has 0 aliphatic carbocycles. The van der Waals surface area contributed by atoms with Crippen molar-refractivity contribution in [3.63, 3.8) is 0 Å². The van der Waals surface area contributed by atoms with Crippen LogP contribution in [0.2, 0.25) is 0 Å². The van der Waals surface area contributed by atoms with Gasteiger partial charge in [0.25, 0.3) is 0 Å². The van der Waals surface area contributed by atoms with Crippen LogP contribution >= 0.6 is 11.3 Å². The molecule has 1 aromatic carbocycles. The Hall–Kier alpha value is -3.26. The first kappa shape index (κ1) is 29.3. The molecule has 9 nitrogen and oxygen atoms in total. The molecule has 1 aromatic heterocycles. The van der Waals surface area contributed by atoms with E-state index in [2.05, 4.69) is 21.5 Å². The van der Waals surface area contributed by atoms with Gasteiger partial charge in [0.05, 0.1) is 28.2 Å². The number of thiazole rings is 1. The number of aryl methyl sites for hydroxylation is 1. The van der Waals surface area contributed by atoms with E-state index in [1.165, 1.54) is 4.90 Å². The summed E-state index contributed by atoms with van der Waals surface area (Å²) in [6, 6.07) is 5.80. The molecule has 3 rings (SSSR count). The molecule has 4 atom stereocenters. The summed E-state index contributed by atoms with van der Waals surface area (Å²) in [5.41, 5.74) is 4.10. The van der Waals surface area contributed by atoms with Gasteiger partial charge in [-0.05, 0) is 30.4 Å². The molecule has 2 aromatic rings. The number of amides is 3. The number of aliphatic hydroxyl groups excluding tert-OH is 1. The van der Waals surface area contributed by atoms with E-state index in [0.29, 0.717) is 0 Å². The second-order valence-corrected chi connectivity index (χ2v) is 11.4. The maximum Gasteiger partial charge on any atom is 0.246 e. The molecule has 0 saturated carbocycles. The van der Waals surface area contributed by atoms with Gasteiger partial charge in [-0.1, -0.05) is 51.0 Å². The summed E-state index contributed by atoms with van der Waals surface area (Å²) in [6.07, 6.45) is 4.42. The van der Waals surface area contributed by atoms with E-state index in [0.717, 1.165) is 21.7 Å². The van der Waals surface area contributed by atoms with Crippen LogP contribution in [0.4, 0.5) is 0 Å². The molecule has 10 heteroatoms. The zero-order valence-electron chi connectivity index (χ0n) is 22.5. The van der Waals surface area contributed by atoms with Crippen molar-refractivity contribution in [2.75, 3.05) is 19.8 Å². The van der Waals surface area contributed by atoms with Gasteiger partial charge in [0, 0.05) is 13.0 Å². The molecular formula is C28H36N4O5S. The topological polar surface area (TPSA) is 121 Å². The summed E-state index contributed by atoms with van der Waals surface area (Å²) in [5, 5.41) is 16.1. The Morgan fingerprint density at radius 1 is 1.26 bits per heavy atom. The number of benzene rings is 1. The number of likely N-dealkylation sites (tertiary alicyclic amines) is 1. The lowest BCUT2D eigenvalue weighted by atomic mass is 9.85. The zero-order chi connectivity index (χ0) is 28.0. The minimum Gasteiger partial charge on any atom is -0.391 e. The lowest BCUT2D eigenvalue weighted by Gasteiger charge is -2.35. The number of aromatic nitrogens is 1. The number of rotatable bonds is 9. The quantitative estimate of drug-likeness (QED) is 0.332. The van der Waals surface area contributed by atoms with Crippen LogP contribution in [0.1, 0.15) is 51.4 Å². The van der Waals surface area contributed by atoms with Crippen LogP contribution in [0.5, 0.6) is 0 Å². The van der Waals surface area contributed by atoms with Crippen LogP contribution in [0.3, 0.4) is 0 Å². The van der Waals surface area contributed by atoms with E-state index in [1.54, 1.807) is 11.3 Å². The maximum atomic E-state index is 13.6. The van der Waals surface area contributed by atoms with Crippen LogP contribution < -0.4 is 10.6 Å². The van der Waals surface area contributed by atoms with Crippen LogP contribution in [-0.4, -0.2) is 70.7 Å². The average molecular weight is 541 g/mol. The molecule has 1 fully saturated rings. The van der Waals surface area contributed by atoms with E-state index in [4.69, 9.17) is 11.2 Å². The fourth-order valence-corrected chi connectivity index (χ4v) is 5.23. The smallest absolute Gasteiger partial charge is 0.246 e. The number of nitrogens with zero attached hydrogens (tertiary/aromatic N) is 2. The zero-order valence-corrected chi connectivity index (χ0v) is 23.3. The molecule has 204 valence electrons. The fourth-order valence-electron chi connectivity index (χ4n) is 4.42. The number of carbonyl (C=O) groups excluding carboxylic acids is 3. The fraction of sp³-hybridized carbons (Fsp3) is 0.500. The van der Waals surface area contributed by atoms with Gasteiger partial charge in [-0.3, -0.25) is 14.4 Å². The van der Waals surface area contributed by atoms with Crippen LogP contribution in [0.25, 0.3) is 10.4 Å². The standard InChI is InChI=1S/C28H36N4O5S/c1-7-12-37-15-23(34)31-25(28(4,5)6)27(36)32-14-21(33)13-22(32)26(35)30-17(2)19-8-10-20(11-9-19)24-18(3)29-16-38-24/h1,8-11,16-17,21-22,25,33H,12-15H2,2-6H3,(H,30,35)(H,31,34). The van der Waals surface area contributed by atoms with Crippen molar-refractivity contribution in [3.05, 3.63) is 41.0 Å². The maximum absolute atomic E-state index is 13.6. The molecule has 3 N–H and O–H groups in total. The SMILES string of the molecule is C#CCOCC(=O)NC(C(=O)N1CC(O)CC1C(=O)NC(C)c1ccc(-c2scnc2C)cc1)C(C)(C)C. The van der Waals surface area contributed by atoms with Crippen molar-refractivity contribution < 1.29 is 24.2 Å². The number of aliphatic hydroxyl groups is 1. The second-order valence-electron chi connectivity index (χ2n) is 10.6. The third-order valence-corrected chi connectivity index (χ3v) is 7.46. The molecule has 0 spiro atoms. The van der Waals surface area contributed by atoms with Crippen molar-refractivity contribution in [1.29, 1.82) is 0 Å². The van der Waals surface area contributed by atoms with Crippen molar-refractivity contribution >= 4 is 29.1 Å². The number of nitrogens with one attached hydrogen (secondary N) is 2. The number of β-amino-alcohol motifs (C(OH)–C–C–N with tert-alkyl or cyclic N) is 1. The lowest BCUT2D eigenvalue weighted by molar-refractivity contribution is -0.144. The van der Waals surface area contributed by atoms with Crippen LogP contribution in [0, 0.1) is 24.7 Å². The minimum absolute atomic E-state index is 0.00421. The Labute approximate surface area is 228 Å². The molecule has 38 heavy (non-hydrogen) atoms. The van der Waals surface area contributed by atoms with Gasteiger partial charge in [-0.25, -0.2) is 4.98 Å². The molecule has 1 aliphatic rings. The van der Waals surface area contributed by atoms with Crippen molar-refractivity contribution in [1.82, 2.24) is 20.5 Å². The minimum atomic E-state index is -0.926. The predicted octanol–water partition coefficient (Wildman–Crippen LogP) is 2.44. The summed E-state index contributed by atoms with van der Waals surface area (Å²) in [4.78, 5) is 46.0. The lowest BCUT2D eigenvalue weighted by Crippen LogP contribution is -2.58. The van der Waals surface area contributed by atoms with Gasteiger partial charge in [-0.15, -0.1) is 17.8 Å². The highest BCUT2D eigenvalue weighted by Crippen LogP contribution is 2.29. The molecule has 0 radical (unpaired) electrons. The third-order valence-electron chi connectivity index (χ3n) is 6.48. The molecule has 4 unspecified atom stereocenters. The number of hydrogen-bond acceptors (Lipinski definition) is 7. The molecule has 2 heterocycles. The summed E-state index contributed by atoms with van der Waals surface area (Å²) in [7, 11) is 0. The summed E-state index contributed by atoms with van der Waals surface area (Å²) in [6.45, 7) is 9.00. The molecular weight excluding hydrogens is 504 g/mol. The monoisotopic (exact) mass is 540 g/mol. The van der Waals surface area contributed by atoms with Gasteiger partial charge >= 0.3 is 0 Å². The van der Waals surface area contributed by atoms with E-state index < -0.39 is 35.4 Å². The van der Waals surface area contributed by atoms with E-state index >= 15 is 0 Å². The molecule has 3 amide bonds. The highest BCUT2D eigenvalue weighted by atomic mass is 32.1. The highest BCUT2D eigenvalue weighted by molar-refractivity contribution is 7.13. The Morgan fingerprint density at radius 3 is 2.53 bits per heavy atom. The van der Waals surface area contributed by atoms with Crippen molar-refractivity contribution in [3.8, 4) is 22.8 Å². The van der Waals surface area contributed by atoms with Gasteiger partial charge in [-0.2, -0.15) is 0 Å². The average Bonchev–Trinajstić information content (AvgIpc) is 3.47. The normalized spacial score (nSPS) is 18.9. The largest absolute Gasteiger partial charge is 0.391 e. The van der Waals surface area contributed by atoms with Gasteiger partial charge in [0.1, 0.15) is 25.3 Å². The molecule has 0 bridgehead atoms. The van der Waals surface area contributed by atoms with Crippen LogP contribution in [-0.2, 0) is 19.1 Å². The second kappa shape index (κ2) is 12.5. The van der Waals surface area contributed by atoms with E-state index in [9.17, 15) is 19.5 Å². The first-order valence-corrected chi connectivity index (χ1v) is 13.4. The Kier molecular flexibility index (Phi) is 9.66. The number of ether oxygens (including phenoxy) is 1. The first-order chi connectivity index (χ1) is 17.9. The summed E-state index contributed by atoms with van der Waals surface area (Å²) < 4.78 is 5.08. The Bertz CT molecular complexity index is 1180. The van der Waals surface area contributed by atoms with Gasteiger partial charge in [0.2, 0.25) is 17.7 Å². The molecule has 1 saturated heterocycles. The summed E-state index contributed by atoms with van der Waals surface area (Å²) in [5.74, 6) is 1.00. The van der Waals surface area contributed by atoms with Crippen molar-refractivity contribution in [2.45, 2.75) is 65.3 Å². The summed E-state index contributed by atoms with van der Waals surface area (Å²) >= 11 is 1.58. The number of terminal acetylenes is 1. The van der Waals surface area contributed by atoms with Crippen LogP contribution in [0.15, 0.2) is 29.8 Å². The van der Waals surface area contributed by atoms with E-state index in [-0.39, 0.29) is 38.1 Å². The third kappa shape index (κ3) is 7.19.